The first-order valence-corrected chi connectivity index (χ1v) is 3.97. The first kappa shape index (κ1) is 8.09. The fraction of sp³-hybridized carbons (Fsp3) is 1.00. The molecule has 0 amide bonds. The minimum absolute atomic E-state index is 0.256. The Bertz CT molecular complexity index is 97.6. The van der Waals surface area contributed by atoms with Crippen LogP contribution in [0.3, 0.4) is 0 Å². The molecule has 2 atom stereocenters. The minimum atomic E-state index is 0.256. The molecule has 0 bridgehead atoms. The van der Waals surface area contributed by atoms with Gasteiger partial charge in [-0.15, -0.1) is 0 Å². The van der Waals surface area contributed by atoms with Crippen LogP contribution in [0.5, 0.6) is 0 Å². The number of unbranched alkanes of at least 4 members (excludes halogenated alkanes) is 1. The highest BCUT2D eigenvalue weighted by Crippen LogP contribution is 2.16. The molecule has 1 radical (unpaired) electrons. The summed E-state index contributed by atoms with van der Waals surface area (Å²) >= 11 is 0. The van der Waals surface area contributed by atoms with E-state index in [1.165, 1.54) is 20.5 Å². The topological polar surface area (TPSA) is 18.5 Å². The van der Waals surface area contributed by atoms with Crippen molar-refractivity contribution in [2.24, 2.45) is 0 Å². The molecule has 0 spiro atoms. The summed E-state index contributed by atoms with van der Waals surface area (Å²) in [5.41, 5.74) is 0. The number of rotatable bonds is 3. The fourth-order valence-electron chi connectivity index (χ4n) is 1.10. The third-order valence-corrected chi connectivity index (χ3v) is 1.87. The highest BCUT2D eigenvalue weighted by Gasteiger charge is 2.25. The zero-order chi connectivity index (χ0) is 7.40. The van der Waals surface area contributed by atoms with Gasteiger partial charge in [-0.25, -0.2) is 0 Å². The van der Waals surface area contributed by atoms with E-state index in [0.717, 1.165) is 6.42 Å². The molecule has 1 fully saturated rings. The van der Waals surface area contributed by atoms with Gasteiger partial charge in [0.05, 0.1) is 12.2 Å². The van der Waals surface area contributed by atoms with E-state index >= 15 is 0 Å². The van der Waals surface area contributed by atoms with Crippen LogP contribution in [-0.2, 0) is 9.31 Å². The van der Waals surface area contributed by atoms with Gasteiger partial charge in [-0.3, -0.25) is 0 Å². The van der Waals surface area contributed by atoms with E-state index in [1.54, 1.807) is 0 Å². The minimum Gasteiger partial charge on any atom is -0.408 e. The van der Waals surface area contributed by atoms with E-state index in [9.17, 15) is 0 Å². The van der Waals surface area contributed by atoms with Gasteiger partial charge in [0, 0.05) is 0 Å². The molecule has 1 saturated heterocycles. The second-order valence-corrected chi connectivity index (χ2v) is 2.75. The Morgan fingerprint density at radius 2 is 2.20 bits per heavy atom. The molecule has 57 valence electrons. The lowest BCUT2D eigenvalue weighted by molar-refractivity contribution is 0.159. The molecule has 0 aromatic heterocycles. The van der Waals surface area contributed by atoms with Crippen LogP contribution in [0.2, 0.25) is 0 Å². The van der Waals surface area contributed by atoms with Crippen molar-refractivity contribution in [3.63, 3.8) is 0 Å². The van der Waals surface area contributed by atoms with Gasteiger partial charge in [0.15, 0.2) is 0 Å². The van der Waals surface area contributed by atoms with Crippen LogP contribution in [0.4, 0.5) is 0 Å². The lowest BCUT2D eigenvalue weighted by Gasteiger charge is -2.12. The molecule has 0 N–H and O–H groups in total. The van der Waals surface area contributed by atoms with E-state index in [1.807, 2.05) is 6.92 Å². The lowest BCUT2D eigenvalue weighted by atomic mass is 10.1. The summed E-state index contributed by atoms with van der Waals surface area (Å²) in [5.74, 6) is 0. The molecular weight excluding hydrogens is 127 g/mol. The van der Waals surface area contributed by atoms with E-state index < -0.39 is 0 Å². The average Bonchev–Trinajstić information content (AvgIpc) is 2.31. The van der Waals surface area contributed by atoms with Crippen molar-refractivity contribution in [1.82, 2.24) is 0 Å². The summed E-state index contributed by atoms with van der Waals surface area (Å²) < 4.78 is 10.3. The average molecular weight is 141 g/mol. The maximum Gasteiger partial charge on any atom is 0.488 e. The molecule has 2 nitrogen and oxygen atoms in total. The Morgan fingerprint density at radius 3 is 2.70 bits per heavy atom. The Labute approximate surface area is 63.2 Å². The van der Waals surface area contributed by atoms with Gasteiger partial charge in [0.25, 0.3) is 0 Å². The Balaban J connectivity index is 2.14. The van der Waals surface area contributed by atoms with Gasteiger partial charge in [0.2, 0.25) is 0 Å². The molecule has 1 rings (SSSR count). The standard InChI is InChI=1S/C7H14BO2/c1-3-4-5-7-6(2)9-8-10-7/h6-7H,3-5H2,1-2H3. The van der Waals surface area contributed by atoms with Crippen LogP contribution in [0.15, 0.2) is 0 Å². The van der Waals surface area contributed by atoms with E-state index in [-0.39, 0.29) is 6.10 Å². The van der Waals surface area contributed by atoms with Crippen molar-refractivity contribution < 1.29 is 9.31 Å². The summed E-state index contributed by atoms with van der Waals surface area (Å²) in [5, 5.41) is 0. The van der Waals surface area contributed by atoms with Gasteiger partial charge in [0.1, 0.15) is 0 Å². The molecule has 0 aromatic carbocycles. The molecule has 1 aliphatic rings. The first-order chi connectivity index (χ1) is 4.84. The molecule has 10 heavy (non-hydrogen) atoms. The summed E-state index contributed by atoms with van der Waals surface area (Å²) in [6, 6.07) is 0. The molecule has 0 saturated carbocycles. The molecule has 1 aliphatic heterocycles. The molecule has 1 heterocycles. The second-order valence-electron chi connectivity index (χ2n) is 2.75. The van der Waals surface area contributed by atoms with E-state index in [4.69, 9.17) is 9.31 Å². The van der Waals surface area contributed by atoms with Gasteiger partial charge >= 0.3 is 7.69 Å². The van der Waals surface area contributed by atoms with Gasteiger partial charge in [-0.2, -0.15) is 0 Å². The van der Waals surface area contributed by atoms with Crippen LogP contribution < -0.4 is 0 Å². The van der Waals surface area contributed by atoms with Crippen molar-refractivity contribution in [1.29, 1.82) is 0 Å². The smallest absolute Gasteiger partial charge is 0.408 e. The monoisotopic (exact) mass is 141 g/mol. The summed E-state index contributed by atoms with van der Waals surface area (Å²) in [6.45, 7) is 4.23. The van der Waals surface area contributed by atoms with Gasteiger partial charge in [-0.05, 0) is 13.3 Å². The number of hydrogen-bond donors (Lipinski definition) is 0. The summed E-state index contributed by atoms with van der Waals surface area (Å²) in [6.07, 6.45) is 4.14. The Kier molecular flexibility index (Phi) is 3.22. The van der Waals surface area contributed by atoms with Crippen molar-refractivity contribution in [2.45, 2.75) is 45.3 Å². The van der Waals surface area contributed by atoms with Gasteiger partial charge < -0.3 is 9.31 Å². The Morgan fingerprint density at radius 1 is 1.40 bits per heavy atom. The molecule has 0 aliphatic carbocycles. The lowest BCUT2D eigenvalue weighted by Crippen LogP contribution is -2.18. The van der Waals surface area contributed by atoms with E-state index in [0.29, 0.717) is 6.10 Å². The molecule has 3 heteroatoms. The normalized spacial score (nSPS) is 32.2. The third kappa shape index (κ3) is 1.99. The zero-order valence-corrected chi connectivity index (χ0v) is 6.67. The van der Waals surface area contributed by atoms with Crippen LogP contribution >= 0.6 is 0 Å². The largest absolute Gasteiger partial charge is 0.488 e. The molecule has 0 aromatic rings. The Hall–Kier alpha value is -0.0151. The van der Waals surface area contributed by atoms with Crippen LogP contribution in [-0.4, -0.2) is 19.9 Å². The molecule has 2 unspecified atom stereocenters. The summed E-state index contributed by atoms with van der Waals surface area (Å²) in [7, 11) is 1.46. The van der Waals surface area contributed by atoms with Gasteiger partial charge in [-0.1, -0.05) is 19.8 Å². The van der Waals surface area contributed by atoms with E-state index in [2.05, 4.69) is 6.92 Å². The second kappa shape index (κ2) is 3.99. The SMILES string of the molecule is CCCCC1O[B]OC1C. The highest BCUT2D eigenvalue weighted by atomic mass is 16.6. The molecular formula is C7H14BO2. The van der Waals surface area contributed by atoms with Crippen LogP contribution in [0.1, 0.15) is 33.1 Å². The highest BCUT2D eigenvalue weighted by molar-refractivity contribution is 6.19. The summed E-state index contributed by atoms with van der Waals surface area (Å²) in [4.78, 5) is 0. The predicted molar refractivity (Wildman–Crippen MR) is 40.7 cm³/mol. The van der Waals surface area contributed by atoms with Crippen molar-refractivity contribution >= 4 is 7.69 Å². The third-order valence-electron chi connectivity index (χ3n) is 1.87. The predicted octanol–water partition coefficient (Wildman–Crippen LogP) is 1.51. The van der Waals surface area contributed by atoms with Crippen molar-refractivity contribution in [3.05, 3.63) is 0 Å². The van der Waals surface area contributed by atoms with Crippen LogP contribution in [0.25, 0.3) is 0 Å². The van der Waals surface area contributed by atoms with Crippen LogP contribution in [0, 0.1) is 0 Å². The van der Waals surface area contributed by atoms with Crippen molar-refractivity contribution in [3.8, 4) is 0 Å². The quantitative estimate of drug-likeness (QED) is 0.554. The number of hydrogen-bond acceptors (Lipinski definition) is 2. The van der Waals surface area contributed by atoms with Crippen molar-refractivity contribution in [2.75, 3.05) is 0 Å². The maximum absolute atomic E-state index is 5.22. The fourth-order valence-corrected chi connectivity index (χ4v) is 1.10. The maximum atomic E-state index is 5.22. The zero-order valence-electron chi connectivity index (χ0n) is 6.67. The first-order valence-electron chi connectivity index (χ1n) is 3.97.